The summed E-state index contributed by atoms with van der Waals surface area (Å²) in [6.07, 6.45) is 0. The average molecular weight is 675 g/mol. The maximum atomic E-state index is 6.32. The summed E-state index contributed by atoms with van der Waals surface area (Å²) in [5.74, 6) is 0. The SMILES string of the molecule is c1ccc2cc(-n3c4ccc(-c5ccc6c(c5)c5ccccc5n6-c5cccc6oc7ccccc7c56)cc4c4cc5ccccc5cc43)ccc2c1. The van der Waals surface area contributed by atoms with Gasteiger partial charge in [-0.2, -0.15) is 0 Å². The molecule has 0 amide bonds. The predicted octanol–water partition coefficient (Wildman–Crippen LogP) is 13.8. The molecule has 0 aliphatic rings. The molecule has 3 nitrogen and oxygen atoms in total. The zero-order valence-corrected chi connectivity index (χ0v) is 28.6. The van der Waals surface area contributed by atoms with E-state index in [9.17, 15) is 0 Å². The molecule has 12 rings (SSSR count). The zero-order chi connectivity index (χ0) is 34.6. The third-order valence-corrected chi connectivity index (χ3v) is 11.3. The Bertz CT molecular complexity index is 3470. The molecular formula is C50H30N2O. The first-order chi connectivity index (χ1) is 26.3. The Hall–Kier alpha value is -7.10. The van der Waals surface area contributed by atoms with Gasteiger partial charge in [0, 0.05) is 32.6 Å². The van der Waals surface area contributed by atoms with Crippen LogP contribution in [0.3, 0.4) is 0 Å². The molecule has 53 heavy (non-hydrogen) atoms. The van der Waals surface area contributed by atoms with Crippen molar-refractivity contribution in [1.82, 2.24) is 9.13 Å². The predicted molar refractivity (Wildman–Crippen MR) is 223 cm³/mol. The topological polar surface area (TPSA) is 23.0 Å². The van der Waals surface area contributed by atoms with Gasteiger partial charge in [-0.05, 0) is 105 Å². The third kappa shape index (κ3) is 4.10. The van der Waals surface area contributed by atoms with Crippen molar-refractivity contribution in [1.29, 1.82) is 0 Å². The van der Waals surface area contributed by atoms with Crippen molar-refractivity contribution in [3.05, 3.63) is 182 Å². The van der Waals surface area contributed by atoms with E-state index in [0.717, 1.165) is 27.6 Å². The summed E-state index contributed by atoms with van der Waals surface area (Å²) in [6, 6.07) is 66.2. The van der Waals surface area contributed by atoms with Crippen LogP contribution in [0.2, 0.25) is 0 Å². The van der Waals surface area contributed by atoms with E-state index in [1.54, 1.807) is 0 Å². The maximum absolute atomic E-state index is 6.32. The molecule has 0 saturated carbocycles. The largest absolute Gasteiger partial charge is 0.456 e. The summed E-state index contributed by atoms with van der Waals surface area (Å²) < 4.78 is 11.2. The van der Waals surface area contributed by atoms with Gasteiger partial charge >= 0.3 is 0 Å². The zero-order valence-electron chi connectivity index (χ0n) is 28.6. The molecule has 0 spiro atoms. The monoisotopic (exact) mass is 674 g/mol. The number of benzene rings is 9. The van der Waals surface area contributed by atoms with Crippen LogP contribution in [-0.2, 0) is 0 Å². The van der Waals surface area contributed by atoms with Gasteiger partial charge in [-0.25, -0.2) is 0 Å². The molecule has 0 radical (unpaired) electrons. The molecule has 0 atom stereocenters. The van der Waals surface area contributed by atoms with Crippen LogP contribution in [0.4, 0.5) is 0 Å². The first-order valence-corrected chi connectivity index (χ1v) is 18.2. The Labute approximate surface area is 304 Å². The molecule has 12 aromatic rings. The molecule has 246 valence electrons. The van der Waals surface area contributed by atoms with Crippen molar-refractivity contribution in [3.8, 4) is 22.5 Å². The second kappa shape index (κ2) is 10.7. The highest BCUT2D eigenvalue weighted by Crippen LogP contribution is 2.41. The molecule has 9 aromatic carbocycles. The Morgan fingerprint density at radius 1 is 0.321 bits per heavy atom. The van der Waals surface area contributed by atoms with E-state index in [1.807, 2.05) is 6.07 Å². The van der Waals surface area contributed by atoms with E-state index in [-0.39, 0.29) is 0 Å². The minimum absolute atomic E-state index is 0.898. The molecule has 0 unspecified atom stereocenters. The Kier molecular flexibility index (Phi) is 5.77. The van der Waals surface area contributed by atoms with Gasteiger partial charge in [0.15, 0.2) is 0 Å². The van der Waals surface area contributed by atoms with Crippen molar-refractivity contribution in [2.24, 2.45) is 0 Å². The molecule has 0 aliphatic carbocycles. The average Bonchev–Trinajstić information content (AvgIpc) is 3.87. The van der Waals surface area contributed by atoms with Gasteiger partial charge in [0.1, 0.15) is 11.2 Å². The van der Waals surface area contributed by atoms with Gasteiger partial charge < -0.3 is 13.6 Å². The van der Waals surface area contributed by atoms with E-state index < -0.39 is 0 Å². The summed E-state index contributed by atoms with van der Waals surface area (Å²) in [5.41, 5.74) is 11.3. The molecule has 3 heterocycles. The number of aromatic nitrogens is 2. The van der Waals surface area contributed by atoms with Gasteiger partial charge in [0.05, 0.1) is 33.1 Å². The van der Waals surface area contributed by atoms with Gasteiger partial charge in [-0.1, -0.05) is 109 Å². The lowest BCUT2D eigenvalue weighted by atomic mass is 10.00. The van der Waals surface area contributed by atoms with Crippen LogP contribution in [0.5, 0.6) is 0 Å². The van der Waals surface area contributed by atoms with Gasteiger partial charge in [0.2, 0.25) is 0 Å². The Morgan fingerprint density at radius 3 is 1.72 bits per heavy atom. The second-order valence-electron chi connectivity index (χ2n) is 14.1. The summed E-state index contributed by atoms with van der Waals surface area (Å²) >= 11 is 0. The minimum atomic E-state index is 0.898. The van der Waals surface area contributed by atoms with Crippen LogP contribution in [0, 0.1) is 0 Å². The number of para-hydroxylation sites is 2. The van der Waals surface area contributed by atoms with Crippen LogP contribution < -0.4 is 0 Å². The van der Waals surface area contributed by atoms with E-state index >= 15 is 0 Å². The Morgan fingerprint density at radius 2 is 0.906 bits per heavy atom. The van der Waals surface area contributed by atoms with Crippen molar-refractivity contribution in [2.45, 2.75) is 0 Å². The minimum Gasteiger partial charge on any atom is -0.456 e. The number of hydrogen-bond acceptors (Lipinski definition) is 1. The third-order valence-electron chi connectivity index (χ3n) is 11.3. The number of nitrogens with zero attached hydrogens (tertiary/aromatic N) is 2. The summed E-state index contributed by atoms with van der Waals surface area (Å²) in [4.78, 5) is 0. The molecule has 0 N–H and O–H groups in total. The van der Waals surface area contributed by atoms with Crippen molar-refractivity contribution in [3.63, 3.8) is 0 Å². The normalized spacial score (nSPS) is 12.2. The first kappa shape index (κ1) is 28.6. The molecular weight excluding hydrogens is 645 g/mol. The Balaban J connectivity index is 1.09. The van der Waals surface area contributed by atoms with Crippen molar-refractivity contribution >= 4 is 87.1 Å². The number of fused-ring (bicyclic) bond motifs is 11. The first-order valence-electron chi connectivity index (χ1n) is 18.2. The molecule has 0 saturated heterocycles. The second-order valence-corrected chi connectivity index (χ2v) is 14.1. The highest BCUT2D eigenvalue weighted by molar-refractivity contribution is 6.17. The van der Waals surface area contributed by atoms with Crippen LogP contribution in [0.15, 0.2) is 186 Å². The lowest BCUT2D eigenvalue weighted by molar-refractivity contribution is 0.669. The summed E-state index contributed by atoms with van der Waals surface area (Å²) in [5, 5.41) is 12.2. The fourth-order valence-corrected chi connectivity index (χ4v) is 8.83. The van der Waals surface area contributed by atoms with E-state index in [1.165, 1.54) is 82.0 Å². The molecule has 3 aromatic heterocycles. The number of hydrogen-bond donors (Lipinski definition) is 0. The molecule has 0 aliphatic heterocycles. The molecule has 0 bridgehead atoms. The lowest BCUT2D eigenvalue weighted by Gasteiger charge is -2.11. The highest BCUT2D eigenvalue weighted by Gasteiger charge is 2.19. The number of furan rings is 1. The van der Waals surface area contributed by atoms with Crippen LogP contribution >= 0.6 is 0 Å². The fourth-order valence-electron chi connectivity index (χ4n) is 8.83. The maximum Gasteiger partial charge on any atom is 0.137 e. The number of rotatable bonds is 3. The van der Waals surface area contributed by atoms with Crippen LogP contribution in [0.1, 0.15) is 0 Å². The quantitative estimate of drug-likeness (QED) is 0.183. The van der Waals surface area contributed by atoms with Gasteiger partial charge in [-0.3, -0.25) is 0 Å². The van der Waals surface area contributed by atoms with E-state index in [4.69, 9.17) is 4.42 Å². The fraction of sp³-hybridized carbons (Fsp3) is 0. The van der Waals surface area contributed by atoms with Gasteiger partial charge in [-0.15, -0.1) is 0 Å². The van der Waals surface area contributed by atoms with Crippen molar-refractivity contribution in [2.75, 3.05) is 0 Å². The van der Waals surface area contributed by atoms with Crippen molar-refractivity contribution < 1.29 is 4.42 Å². The smallest absolute Gasteiger partial charge is 0.137 e. The van der Waals surface area contributed by atoms with Crippen LogP contribution in [0.25, 0.3) is 110 Å². The van der Waals surface area contributed by atoms with E-state index in [0.29, 0.717) is 0 Å². The molecule has 0 fully saturated rings. The van der Waals surface area contributed by atoms with Gasteiger partial charge in [0.25, 0.3) is 0 Å². The lowest BCUT2D eigenvalue weighted by Crippen LogP contribution is -1.94. The highest BCUT2D eigenvalue weighted by atomic mass is 16.3. The molecule has 3 heteroatoms. The summed E-state index contributed by atoms with van der Waals surface area (Å²) in [6.45, 7) is 0. The van der Waals surface area contributed by atoms with Crippen LogP contribution in [-0.4, -0.2) is 9.13 Å². The standard InChI is InChI=1S/C50H30N2O/c1-2-11-32-26-37(23-20-31(32)10-1)51-44-24-21-36(29-41(44)42-27-33-12-3-4-13-34(33)30-47(42)51)35-22-25-45-40(28-35)38-14-5-7-16-43(38)52(45)46-17-9-19-49-50(46)39-15-6-8-18-48(39)53-49/h1-30H. The van der Waals surface area contributed by atoms with E-state index in [2.05, 4.69) is 185 Å². The summed E-state index contributed by atoms with van der Waals surface area (Å²) in [7, 11) is 0.